The summed E-state index contributed by atoms with van der Waals surface area (Å²) in [5, 5.41) is 10.4. The number of amides is 2. The lowest BCUT2D eigenvalue weighted by Gasteiger charge is -2.37. The second-order valence-electron chi connectivity index (χ2n) is 6.74. The van der Waals surface area contributed by atoms with Gasteiger partial charge in [0.25, 0.3) is 0 Å². The highest BCUT2D eigenvalue weighted by Crippen LogP contribution is 2.39. The van der Waals surface area contributed by atoms with Crippen LogP contribution >= 0.6 is 11.3 Å². The van der Waals surface area contributed by atoms with Gasteiger partial charge in [-0.1, -0.05) is 23.5 Å². The van der Waals surface area contributed by atoms with Crippen LogP contribution in [0.5, 0.6) is 5.75 Å². The van der Waals surface area contributed by atoms with Gasteiger partial charge in [0.15, 0.2) is 5.78 Å². The Morgan fingerprint density at radius 1 is 1.30 bits per heavy atom. The maximum Gasteiger partial charge on any atom is 0.245 e. The van der Waals surface area contributed by atoms with Gasteiger partial charge in [0.1, 0.15) is 16.9 Å². The summed E-state index contributed by atoms with van der Waals surface area (Å²) in [6, 6.07) is 7.19. The van der Waals surface area contributed by atoms with Crippen molar-refractivity contribution in [1.82, 2.24) is 15.1 Å². The normalized spacial score (nSPS) is 22.1. The molecule has 3 heterocycles. The highest BCUT2D eigenvalue weighted by molar-refractivity contribution is 7.13. The lowest BCUT2D eigenvalue weighted by Crippen LogP contribution is -2.43. The van der Waals surface area contributed by atoms with Crippen molar-refractivity contribution in [2.45, 2.75) is 31.3 Å². The van der Waals surface area contributed by atoms with Gasteiger partial charge in [-0.05, 0) is 18.6 Å². The molecule has 27 heavy (non-hydrogen) atoms. The van der Waals surface area contributed by atoms with E-state index in [1.165, 1.54) is 21.7 Å². The largest absolute Gasteiger partial charge is 0.486 e. The van der Waals surface area contributed by atoms with E-state index >= 15 is 0 Å². The topological polar surface area (TPSA) is 101 Å². The average Bonchev–Trinajstić information content (AvgIpc) is 3.11. The Labute approximate surface area is 159 Å². The lowest BCUT2D eigenvalue weighted by molar-refractivity contribution is -0.134. The Hall–Kier alpha value is -2.81. The van der Waals surface area contributed by atoms with E-state index in [1.807, 2.05) is 12.1 Å². The molecule has 2 aliphatic heterocycles. The number of Topliss-reactive ketones (excluding diaryl/α,β-unsaturated/α-hetero) is 1. The number of para-hydroxylation sites is 1. The first-order chi connectivity index (χ1) is 13.0. The minimum Gasteiger partial charge on any atom is -0.486 e. The summed E-state index contributed by atoms with van der Waals surface area (Å²) in [7, 11) is 0. The summed E-state index contributed by atoms with van der Waals surface area (Å²) in [5.41, 5.74) is 1.42. The van der Waals surface area contributed by atoms with E-state index < -0.39 is 5.60 Å². The SMILES string of the molecule is O=C(CN1CC[C@]2(CCC1=O)CC(=O)c1ccccc1O2)Nc1nncs1. The van der Waals surface area contributed by atoms with Crippen molar-refractivity contribution < 1.29 is 19.1 Å². The fraction of sp³-hybridized carbons (Fsp3) is 0.389. The first-order valence-corrected chi connectivity index (χ1v) is 9.58. The van der Waals surface area contributed by atoms with Crippen molar-refractivity contribution in [1.29, 1.82) is 0 Å². The molecule has 0 unspecified atom stereocenters. The summed E-state index contributed by atoms with van der Waals surface area (Å²) in [6.07, 6.45) is 1.45. The third-order valence-corrected chi connectivity index (χ3v) is 5.53. The van der Waals surface area contributed by atoms with Crippen LogP contribution in [0.25, 0.3) is 0 Å². The second kappa shape index (κ2) is 7.07. The van der Waals surface area contributed by atoms with Crippen molar-refractivity contribution in [3.8, 4) is 5.75 Å². The van der Waals surface area contributed by atoms with Crippen molar-refractivity contribution in [2.75, 3.05) is 18.4 Å². The molecule has 0 aliphatic carbocycles. The standard InChI is InChI=1S/C18H18N4O4S/c23-13-9-18(26-14-4-2-1-3-12(13)14)6-5-16(25)22(8-7-18)10-15(24)20-17-21-19-11-27-17/h1-4,11H,5-10H2,(H,20,21,24)/t18-/m1/s1. The Balaban J connectivity index is 1.44. The van der Waals surface area contributed by atoms with Crippen LogP contribution in [-0.4, -0.2) is 51.4 Å². The Morgan fingerprint density at radius 2 is 2.15 bits per heavy atom. The summed E-state index contributed by atoms with van der Waals surface area (Å²) < 4.78 is 6.18. The number of hydrogen-bond acceptors (Lipinski definition) is 7. The quantitative estimate of drug-likeness (QED) is 0.864. The molecular formula is C18H18N4O4S. The summed E-state index contributed by atoms with van der Waals surface area (Å²) in [6.45, 7) is 0.302. The Morgan fingerprint density at radius 3 is 2.96 bits per heavy atom. The molecule has 2 aromatic rings. The maximum atomic E-state index is 12.5. The number of hydrogen-bond donors (Lipinski definition) is 1. The molecule has 0 bridgehead atoms. The molecule has 1 N–H and O–H groups in total. The molecular weight excluding hydrogens is 368 g/mol. The summed E-state index contributed by atoms with van der Waals surface area (Å²) in [4.78, 5) is 38.7. The van der Waals surface area contributed by atoms with E-state index in [0.717, 1.165) is 0 Å². The third-order valence-electron chi connectivity index (χ3n) is 4.92. The molecule has 1 spiro atoms. The van der Waals surface area contributed by atoms with Crippen LogP contribution < -0.4 is 10.1 Å². The van der Waals surface area contributed by atoms with Gasteiger partial charge in [-0.3, -0.25) is 19.7 Å². The molecule has 1 atom stereocenters. The number of anilines is 1. The molecule has 1 fully saturated rings. The van der Waals surface area contributed by atoms with Crippen LogP contribution in [0.2, 0.25) is 0 Å². The second-order valence-corrected chi connectivity index (χ2v) is 7.57. The first-order valence-electron chi connectivity index (χ1n) is 8.70. The van der Waals surface area contributed by atoms with Crippen LogP contribution in [-0.2, 0) is 9.59 Å². The number of benzene rings is 1. The van der Waals surface area contributed by atoms with Gasteiger partial charge < -0.3 is 9.64 Å². The number of carbonyl (C=O) groups excluding carboxylic acids is 3. The lowest BCUT2D eigenvalue weighted by atomic mass is 9.84. The van der Waals surface area contributed by atoms with Gasteiger partial charge in [-0.15, -0.1) is 10.2 Å². The monoisotopic (exact) mass is 386 g/mol. The van der Waals surface area contributed by atoms with Crippen molar-refractivity contribution >= 4 is 34.1 Å². The molecule has 0 saturated carbocycles. The van der Waals surface area contributed by atoms with E-state index in [4.69, 9.17) is 4.74 Å². The predicted octanol–water partition coefficient (Wildman–Crippen LogP) is 1.89. The van der Waals surface area contributed by atoms with Gasteiger partial charge in [-0.25, -0.2) is 0 Å². The number of nitrogens with zero attached hydrogens (tertiary/aromatic N) is 3. The molecule has 2 aliphatic rings. The number of aromatic nitrogens is 2. The summed E-state index contributed by atoms with van der Waals surface area (Å²) >= 11 is 1.21. The number of ether oxygens (including phenoxy) is 1. The third kappa shape index (κ3) is 3.68. The zero-order valence-corrected chi connectivity index (χ0v) is 15.3. The fourth-order valence-electron chi connectivity index (χ4n) is 3.53. The smallest absolute Gasteiger partial charge is 0.245 e. The number of carbonyl (C=O) groups is 3. The highest BCUT2D eigenvalue weighted by atomic mass is 32.1. The minimum absolute atomic E-state index is 0.0340. The predicted molar refractivity (Wildman–Crippen MR) is 97.7 cm³/mol. The molecule has 1 aromatic carbocycles. The van der Waals surface area contributed by atoms with Crippen LogP contribution in [0.4, 0.5) is 5.13 Å². The molecule has 8 nitrogen and oxygen atoms in total. The zero-order chi connectivity index (χ0) is 18.9. The number of ketones is 1. The molecule has 1 aromatic heterocycles. The average molecular weight is 386 g/mol. The molecule has 1 saturated heterocycles. The molecule has 140 valence electrons. The molecule has 2 amide bonds. The minimum atomic E-state index is -0.689. The van der Waals surface area contributed by atoms with E-state index in [2.05, 4.69) is 15.5 Å². The van der Waals surface area contributed by atoms with Gasteiger partial charge in [0.05, 0.1) is 18.5 Å². The Kier molecular flexibility index (Phi) is 4.61. The van der Waals surface area contributed by atoms with Crippen molar-refractivity contribution in [2.24, 2.45) is 0 Å². The van der Waals surface area contributed by atoms with Gasteiger partial charge >= 0.3 is 0 Å². The maximum absolute atomic E-state index is 12.5. The van der Waals surface area contributed by atoms with Crippen LogP contribution in [0.3, 0.4) is 0 Å². The number of likely N-dealkylation sites (tertiary alicyclic amines) is 1. The first kappa shape index (κ1) is 17.6. The molecule has 9 heteroatoms. The van der Waals surface area contributed by atoms with Gasteiger partial charge in [0.2, 0.25) is 16.9 Å². The number of rotatable bonds is 3. The molecule has 4 rings (SSSR count). The highest BCUT2D eigenvalue weighted by Gasteiger charge is 2.43. The fourth-order valence-corrected chi connectivity index (χ4v) is 3.99. The van der Waals surface area contributed by atoms with Gasteiger partial charge in [-0.2, -0.15) is 0 Å². The molecule has 0 radical (unpaired) electrons. The Bertz CT molecular complexity index is 885. The van der Waals surface area contributed by atoms with E-state index in [-0.39, 0.29) is 37.0 Å². The van der Waals surface area contributed by atoms with Crippen LogP contribution in [0.15, 0.2) is 29.8 Å². The van der Waals surface area contributed by atoms with Crippen molar-refractivity contribution in [3.05, 3.63) is 35.3 Å². The van der Waals surface area contributed by atoms with Crippen molar-refractivity contribution in [3.63, 3.8) is 0 Å². The number of nitrogens with one attached hydrogen (secondary N) is 1. The van der Waals surface area contributed by atoms with Crippen LogP contribution in [0.1, 0.15) is 36.0 Å². The van der Waals surface area contributed by atoms with Gasteiger partial charge in [0, 0.05) is 19.4 Å². The van der Waals surface area contributed by atoms with E-state index in [9.17, 15) is 14.4 Å². The summed E-state index contributed by atoms with van der Waals surface area (Å²) in [5.74, 6) is 0.173. The number of fused-ring (bicyclic) bond motifs is 1. The van der Waals surface area contributed by atoms with E-state index in [1.54, 1.807) is 12.1 Å². The van der Waals surface area contributed by atoms with E-state index in [0.29, 0.717) is 35.8 Å². The zero-order valence-electron chi connectivity index (χ0n) is 14.5. The van der Waals surface area contributed by atoms with Crippen LogP contribution in [0, 0.1) is 0 Å².